The zero-order valence-electron chi connectivity index (χ0n) is 17.7. The van der Waals surface area contributed by atoms with E-state index in [1.54, 1.807) is 42.5 Å². The number of esters is 1. The van der Waals surface area contributed by atoms with E-state index in [9.17, 15) is 14.7 Å². The predicted molar refractivity (Wildman–Crippen MR) is 123 cm³/mol. The lowest BCUT2D eigenvalue weighted by atomic mass is 10.1. The molecule has 6 heteroatoms. The van der Waals surface area contributed by atoms with E-state index in [2.05, 4.69) is 22.5 Å². The second kappa shape index (κ2) is 11.3. The summed E-state index contributed by atoms with van der Waals surface area (Å²) < 4.78 is 4.73. The molecular formula is C26H24N2O4. The van der Waals surface area contributed by atoms with Gasteiger partial charge in [0.25, 0.3) is 0 Å². The molecule has 0 radical (unpaired) electrons. The number of anilines is 1. The van der Waals surface area contributed by atoms with Gasteiger partial charge in [-0.25, -0.2) is 9.59 Å². The van der Waals surface area contributed by atoms with Crippen LogP contribution >= 0.6 is 0 Å². The molecule has 3 N–H and O–H groups in total. The quantitative estimate of drug-likeness (QED) is 0.414. The Morgan fingerprint density at radius 3 is 2.31 bits per heavy atom. The van der Waals surface area contributed by atoms with Gasteiger partial charge in [-0.05, 0) is 48.4 Å². The molecule has 0 heterocycles. The van der Waals surface area contributed by atoms with Crippen LogP contribution in [0.4, 0.5) is 10.5 Å². The van der Waals surface area contributed by atoms with E-state index in [-0.39, 0.29) is 6.61 Å². The monoisotopic (exact) mass is 428 g/mol. The molecular weight excluding hydrogens is 404 g/mol. The van der Waals surface area contributed by atoms with Gasteiger partial charge in [0.05, 0.1) is 25.3 Å². The van der Waals surface area contributed by atoms with Crippen LogP contribution in [0, 0.1) is 11.8 Å². The van der Waals surface area contributed by atoms with Crippen LogP contribution in [0.25, 0.3) is 0 Å². The van der Waals surface area contributed by atoms with Crippen LogP contribution in [0.5, 0.6) is 0 Å². The Balaban J connectivity index is 1.63. The van der Waals surface area contributed by atoms with Crippen molar-refractivity contribution in [2.24, 2.45) is 0 Å². The van der Waals surface area contributed by atoms with Crippen molar-refractivity contribution in [1.29, 1.82) is 0 Å². The Morgan fingerprint density at radius 2 is 1.62 bits per heavy atom. The first-order chi connectivity index (χ1) is 15.6. The van der Waals surface area contributed by atoms with E-state index >= 15 is 0 Å². The highest BCUT2D eigenvalue weighted by atomic mass is 16.5. The Labute approximate surface area is 187 Å². The van der Waals surface area contributed by atoms with Gasteiger partial charge in [0.1, 0.15) is 0 Å². The highest BCUT2D eigenvalue weighted by Gasteiger charge is 2.12. The summed E-state index contributed by atoms with van der Waals surface area (Å²) in [4.78, 5) is 24.0. The van der Waals surface area contributed by atoms with Gasteiger partial charge in [0.2, 0.25) is 0 Å². The third-order valence-electron chi connectivity index (χ3n) is 4.64. The molecule has 6 nitrogen and oxygen atoms in total. The topological polar surface area (TPSA) is 87.7 Å². The molecule has 3 rings (SSSR count). The number of nitrogens with one attached hydrogen (secondary N) is 2. The summed E-state index contributed by atoms with van der Waals surface area (Å²) >= 11 is 0. The molecule has 0 saturated heterocycles. The molecule has 0 spiro atoms. The molecule has 3 aromatic carbocycles. The molecule has 1 unspecified atom stereocenters. The van der Waals surface area contributed by atoms with Gasteiger partial charge < -0.3 is 20.5 Å². The van der Waals surface area contributed by atoms with Crippen molar-refractivity contribution >= 4 is 17.7 Å². The molecule has 0 aromatic heterocycles. The molecule has 0 fully saturated rings. The normalized spacial score (nSPS) is 10.9. The van der Waals surface area contributed by atoms with E-state index in [0.717, 1.165) is 5.56 Å². The predicted octanol–water partition coefficient (Wildman–Crippen LogP) is 3.60. The second-order valence-corrected chi connectivity index (χ2v) is 7.07. The van der Waals surface area contributed by atoms with Crippen LogP contribution in [0.15, 0.2) is 78.9 Å². The van der Waals surface area contributed by atoms with Gasteiger partial charge in [-0.1, -0.05) is 54.3 Å². The lowest BCUT2D eigenvalue weighted by molar-refractivity contribution is 0.0600. The first-order valence-electron chi connectivity index (χ1n) is 10.1. The summed E-state index contributed by atoms with van der Waals surface area (Å²) in [6.07, 6.45) is 0.529. The van der Waals surface area contributed by atoms with Crippen LogP contribution in [0.1, 0.15) is 27.0 Å². The summed E-state index contributed by atoms with van der Waals surface area (Å²) in [5.74, 6) is 5.62. The Hall–Kier alpha value is -4.08. The van der Waals surface area contributed by atoms with Gasteiger partial charge in [-0.15, -0.1) is 0 Å². The molecule has 0 saturated carbocycles. The van der Waals surface area contributed by atoms with Crippen molar-refractivity contribution in [3.8, 4) is 11.8 Å². The van der Waals surface area contributed by atoms with E-state index in [1.807, 2.05) is 36.4 Å². The largest absolute Gasteiger partial charge is 0.465 e. The van der Waals surface area contributed by atoms with Gasteiger partial charge in [-0.3, -0.25) is 0 Å². The summed E-state index contributed by atoms with van der Waals surface area (Å²) in [6.45, 7) is -0.168. The molecule has 0 aliphatic carbocycles. The van der Waals surface area contributed by atoms with Gasteiger partial charge in [0, 0.05) is 16.8 Å². The highest BCUT2D eigenvalue weighted by Crippen LogP contribution is 2.11. The Bertz CT molecular complexity index is 1130. The minimum atomic E-state index is -0.417. The molecule has 3 aromatic rings. The number of benzene rings is 3. The number of aliphatic hydroxyl groups is 1. The first-order valence-corrected chi connectivity index (χ1v) is 10.1. The maximum absolute atomic E-state index is 12.4. The fraction of sp³-hybridized carbons (Fsp3) is 0.154. The fourth-order valence-electron chi connectivity index (χ4n) is 3.07. The van der Waals surface area contributed by atoms with E-state index in [4.69, 9.17) is 4.74 Å². The van der Waals surface area contributed by atoms with E-state index < -0.39 is 18.0 Å². The Morgan fingerprint density at radius 1 is 0.938 bits per heavy atom. The molecule has 0 bridgehead atoms. The van der Waals surface area contributed by atoms with Crippen molar-refractivity contribution < 1.29 is 19.4 Å². The maximum Gasteiger partial charge on any atom is 0.337 e. The summed E-state index contributed by atoms with van der Waals surface area (Å²) in [6, 6.07) is 22.8. The number of urea groups is 1. The van der Waals surface area contributed by atoms with Gasteiger partial charge >= 0.3 is 12.0 Å². The van der Waals surface area contributed by atoms with Crippen molar-refractivity contribution in [1.82, 2.24) is 5.32 Å². The van der Waals surface area contributed by atoms with Crippen LogP contribution in [-0.2, 0) is 11.2 Å². The minimum absolute atomic E-state index is 0.168. The molecule has 162 valence electrons. The van der Waals surface area contributed by atoms with E-state index in [1.165, 1.54) is 7.11 Å². The Kier molecular flexibility index (Phi) is 8.02. The molecule has 0 aliphatic heterocycles. The molecule has 32 heavy (non-hydrogen) atoms. The van der Waals surface area contributed by atoms with Crippen molar-refractivity contribution in [3.05, 3.63) is 101 Å². The number of ether oxygens (including phenoxy) is 1. The zero-order valence-corrected chi connectivity index (χ0v) is 17.7. The first kappa shape index (κ1) is 22.6. The third kappa shape index (κ3) is 6.73. The SMILES string of the molecule is COC(=O)c1cccc(C#Cc2cccc(NC(=O)NC(CO)Cc3ccccc3)c2)c1. The number of carbonyl (C=O) groups is 2. The summed E-state index contributed by atoms with van der Waals surface area (Å²) in [5, 5.41) is 15.2. The standard InChI is InChI=1S/C26H24N2O4/c1-32-25(30)22-11-5-9-20(15-22)13-14-21-10-6-12-23(16-21)27-26(31)28-24(18-29)17-19-7-3-2-4-8-19/h2-12,15-16,24,29H,17-18H2,1H3,(H2,27,28,31). The smallest absolute Gasteiger partial charge is 0.337 e. The van der Waals surface area contributed by atoms with Crippen molar-refractivity contribution in [3.63, 3.8) is 0 Å². The number of aliphatic hydroxyl groups excluding tert-OH is 1. The lowest BCUT2D eigenvalue weighted by Gasteiger charge is -2.17. The molecule has 1 atom stereocenters. The zero-order chi connectivity index (χ0) is 22.8. The second-order valence-electron chi connectivity index (χ2n) is 7.07. The minimum Gasteiger partial charge on any atom is -0.465 e. The average molecular weight is 428 g/mol. The van der Waals surface area contributed by atoms with Crippen molar-refractivity contribution in [2.45, 2.75) is 12.5 Å². The number of carbonyl (C=O) groups excluding carboxylic acids is 2. The lowest BCUT2D eigenvalue weighted by Crippen LogP contribution is -2.41. The number of amides is 2. The van der Waals surface area contributed by atoms with Gasteiger partial charge in [0.15, 0.2) is 0 Å². The van der Waals surface area contributed by atoms with Crippen LogP contribution in [-0.4, -0.2) is 36.9 Å². The fourth-order valence-corrected chi connectivity index (χ4v) is 3.07. The number of methoxy groups -OCH3 is 1. The number of rotatable bonds is 6. The summed E-state index contributed by atoms with van der Waals surface area (Å²) in [5.41, 5.74) is 3.42. The average Bonchev–Trinajstić information content (AvgIpc) is 2.83. The van der Waals surface area contributed by atoms with Crippen molar-refractivity contribution in [2.75, 3.05) is 19.0 Å². The van der Waals surface area contributed by atoms with E-state index in [0.29, 0.717) is 28.8 Å². The van der Waals surface area contributed by atoms with Crippen LogP contribution in [0.2, 0.25) is 0 Å². The van der Waals surface area contributed by atoms with Gasteiger partial charge in [-0.2, -0.15) is 0 Å². The molecule has 2 amide bonds. The summed E-state index contributed by atoms with van der Waals surface area (Å²) in [7, 11) is 1.33. The third-order valence-corrected chi connectivity index (χ3v) is 4.64. The van der Waals surface area contributed by atoms with Crippen LogP contribution < -0.4 is 10.6 Å². The number of hydrogen-bond donors (Lipinski definition) is 3. The van der Waals surface area contributed by atoms with Crippen LogP contribution in [0.3, 0.4) is 0 Å². The molecule has 0 aliphatic rings. The number of hydrogen-bond acceptors (Lipinski definition) is 4. The highest BCUT2D eigenvalue weighted by molar-refractivity contribution is 5.90. The maximum atomic E-state index is 12.4.